The van der Waals surface area contributed by atoms with Gasteiger partial charge < -0.3 is 30.2 Å². The van der Waals surface area contributed by atoms with E-state index in [0.29, 0.717) is 4.73 Å². The first-order valence-electron chi connectivity index (χ1n) is 7.81. The van der Waals surface area contributed by atoms with Crippen LogP contribution in [-0.4, -0.2) is 44.3 Å². The van der Waals surface area contributed by atoms with Crippen molar-refractivity contribution in [3.05, 3.63) is 48.0 Å². The number of nitrogens with one attached hydrogen (secondary N) is 1. The number of hydrogen-bond acceptors (Lipinski definition) is 7. The Labute approximate surface area is 149 Å². The molecule has 1 aromatic heterocycles. The minimum Gasteiger partial charge on any atom is -0.492 e. The largest absolute Gasteiger partial charge is 0.492 e. The monoisotopic (exact) mass is 364 g/mol. The Kier molecular flexibility index (Phi) is 6.45. The van der Waals surface area contributed by atoms with Crippen molar-refractivity contribution in [1.29, 1.82) is 0 Å². The van der Waals surface area contributed by atoms with Gasteiger partial charge >= 0.3 is 6.09 Å². The fourth-order valence-electron chi connectivity index (χ4n) is 2.09. The third-order valence-electron chi connectivity index (χ3n) is 3.36. The van der Waals surface area contributed by atoms with Crippen molar-refractivity contribution in [2.24, 2.45) is 0 Å². The molecule has 2 aromatic rings. The fourth-order valence-corrected chi connectivity index (χ4v) is 2.09. The number of Topliss-reactive ketones (excluding diaryl/α,β-unsaturated/α-hetero) is 1. The smallest absolute Gasteiger partial charge is 0.407 e. The van der Waals surface area contributed by atoms with Crippen LogP contribution in [-0.2, 0) is 16.1 Å². The zero-order chi connectivity index (χ0) is 19.1. The molecule has 0 saturated heterocycles. The number of carbonyl (C=O) groups excluding carboxylic acids is 2. The SMILES string of the molecule is CC(CC(=O)C(O)On1c(O)ccc1O)NC(=O)OCc1ccccc1. The molecule has 1 aromatic carbocycles. The molecule has 1 heterocycles. The van der Waals surface area contributed by atoms with Crippen molar-refractivity contribution in [3.63, 3.8) is 0 Å². The number of hydrogen-bond donors (Lipinski definition) is 4. The molecule has 0 radical (unpaired) electrons. The first-order chi connectivity index (χ1) is 12.4. The lowest BCUT2D eigenvalue weighted by atomic mass is 10.1. The summed E-state index contributed by atoms with van der Waals surface area (Å²) in [6.45, 7) is 1.64. The van der Waals surface area contributed by atoms with Gasteiger partial charge in [-0.3, -0.25) is 4.79 Å². The summed E-state index contributed by atoms with van der Waals surface area (Å²) in [4.78, 5) is 28.4. The Morgan fingerprint density at radius 3 is 2.35 bits per heavy atom. The second-order valence-corrected chi connectivity index (χ2v) is 5.58. The number of aromatic hydroxyl groups is 2. The quantitative estimate of drug-likeness (QED) is 0.512. The number of aromatic nitrogens is 1. The number of ketones is 1. The average Bonchev–Trinajstić information content (AvgIpc) is 2.92. The van der Waals surface area contributed by atoms with Crippen LogP contribution in [0.4, 0.5) is 4.79 Å². The molecule has 2 unspecified atom stereocenters. The summed E-state index contributed by atoms with van der Waals surface area (Å²) in [7, 11) is 0. The fraction of sp³-hybridized carbons (Fsp3) is 0.294. The molecule has 26 heavy (non-hydrogen) atoms. The zero-order valence-corrected chi connectivity index (χ0v) is 14.0. The van der Waals surface area contributed by atoms with Gasteiger partial charge in [-0.1, -0.05) is 30.3 Å². The van der Waals surface area contributed by atoms with Crippen molar-refractivity contribution < 1.29 is 34.5 Å². The first-order valence-corrected chi connectivity index (χ1v) is 7.81. The van der Waals surface area contributed by atoms with Crippen LogP contribution in [0.1, 0.15) is 18.9 Å². The predicted octanol–water partition coefficient (Wildman–Crippen LogP) is 0.920. The van der Waals surface area contributed by atoms with Crippen molar-refractivity contribution in [3.8, 4) is 11.8 Å². The molecule has 0 aliphatic carbocycles. The predicted molar refractivity (Wildman–Crippen MR) is 89.2 cm³/mol. The summed E-state index contributed by atoms with van der Waals surface area (Å²) >= 11 is 0. The number of aliphatic hydroxyl groups excluding tert-OH is 1. The molecule has 2 rings (SSSR count). The Balaban J connectivity index is 1.76. The van der Waals surface area contributed by atoms with Crippen LogP contribution in [0.3, 0.4) is 0 Å². The topological polar surface area (TPSA) is 130 Å². The summed E-state index contributed by atoms with van der Waals surface area (Å²) in [5, 5.41) is 31.0. The lowest BCUT2D eigenvalue weighted by Crippen LogP contribution is -2.39. The Morgan fingerprint density at radius 2 is 1.73 bits per heavy atom. The molecular formula is C17H20N2O7. The molecule has 0 spiro atoms. The van der Waals surface area contributed by atoms with E-state index >= 15 is 0 Å². The molecule has 9 heteroatoms. The van der Waals surface area contributed by atoms with E-state index in [9.17, 15) is 24.9 Å². The highest BCUT2D eigenvalue weighted by Crippen LogP contribution is 2.19. The number of benzene rings is 1. The maximum Gasteiger partial charge on any atom is 0.407 e. The lowest BCUT2D eigenvalue weighted by Gasteiger charge is -2.17. The van der Waals surface area contributed by atoms with Gasteiger partial charge in [-0.2, -0.15) is 0 Å². The Morgan fingerprint density at radius 1 is 1.12 bits per heavy atom. The number of amides is 1. The lowest BCUT2D eigenvalue weighted by molar-refractivity contribution is -0.159. The molecular weight excluding hydrogens is 344 g/mol. The summed E-state index contributed by atoms with van der Waals surface area (Å²) in [6.07, 6.45) is -2.88. The minimum absolute atomic E-state index is 0.0886. The normalized spacial score (nSPS) is 12.8. The highest BCUT2D eigenvalue weighted by molar-refractivity contribution is 5.82. The van der Waals surface area contributed by atoms with Crippen LogP contribution in [0, 0.1) is 0 Å². The van der Waals surface area contributed by atoms with Gasteiger partial charge in [-0.15, -0.1) is 4.73 Å². The summed E-state index contributed by atoms with van der Waals surface area (Å²) in [6, 6.07) is 10.7. The molecule has 0 bridgehead atoms. The molecule has 4 N–H and O–H groups in total. The summed E-state index contributed by atoms with van der Waals surface area (Å²) in [5.74, 6) is -1.72. The summed E-state index contributed by atoms with van der Waals surface area (Å²) in [5.41, 5.74) is 0.821. The minimum atomic E-state index is -1.93. The van der Waals surface area contributed by atoms with Crippen LogP contribution in [0.5, 0.6) is 11.8 Å². The van der Waals surface area contributed by atoms with E-state index in [2.05, 4.69) is 5.32 Å². The zero-order valence-electron chi connectivity index (χ0n) is 14.0. The first kappa shape index (κ1) is 19.1. The van der Waals surface area contributed by atoms with Gasteiger partial charge in [0, 0.05) is 24.6 Å². The Bertz CT molecular complexity index is 725. The molecule has 0 saturated carbocycles. The van der Waals surface area contributed by atoms with Crippen LogP contribution in [0.25, 0.3) is 0 Å². The van der Waals surface area contributed by atoms with Crippen LogP contribution in [0.15, 0.2) is 42.5 Å². The standard InChI is InChI=1S/C17H20N2O7/c1-11(18-17(24)25-10-12-5-3-2-4-6-12)9-13(20)16(23)26-19-14(21)7-8-15(19)22/h2-8,11,16,21-23H,9-10H2,1H3,(H,18,24). The third kappa shape index (κ3) is 5.42. The van der Waals surface area contributed by atoms with Gasteiger partial charge in [0.25, 0.3) is 6.29 Å². The second kappa shape index (κ2) is 8.77. The Hall–Kier alpha value is -3.20. The molecule has 9 nitrogen and oxygen atoms in total. The third-order valence-corrected chi connectivity index (χ3v) is 3.36. The number of aliphatic hydroxyl groups is 1. The van der Waals surface area contributed by atoms with Gasteiger partial charge in [0.1, 0.15) is 6.61 Å². The highest BCUT2D eigenvalue weighted by Gasteiger charge is 2.23. The maximum absolute atomic E-state index is 11.9. The maximum atomic E-state index is 11.9. The molecule has 2 atom stereocenters. The number of nitrogens with zero attached hydrogens (tertiary/aromatic N) is 1. The van der Waals surface area contributed by atoms with E-state index in [-0.39, 0.29) is 13.0 Å². The van der Waals surface area contributed by atoms with Gasteiger partial charge in [0.05, 0.1) is 0 Å². The van der Waals surface area contributed by atoms with Gasteiger partial charge in [-0.05, 0) is 12.5 Å². The number of ether oxygens (including phenoxy) is 1. The van der Waals surface area contributed by atoms with E-state index in [4.69, 9.17) is 9.57 Å². The second-order valence-electron chi connectivity index (χ2n) is 5.58. The highest BCUT2D eigenvalue weighted by atomic mass is 16.8. The molecule has 0 aliphatic heterocycles. The van der Waals surface area contributed by atoms with E-state index in [1.165, 1.54) is 0 Å². The van der Waals surface area contributed by atoms with Gasteiger partial charge in [0.2, 0.25) is 17.5 Å². The average molecular weight is 364 g/mol. The number of alkyl carbamates (subject to hydrolysis) is 1. The van der Waals surface area contributed by atoms with Crippen LogP contribution in [0.2, 0.25) is 0 Å². The van der Waals surface area contributed by atoms with Crippen molar-refractivity contribution in [2.45, 2.75) is 32.3 Å². The van der Waals surface area contributed by atoms with Crippen molar-refractivity contribution >= 4 is 11.9 Å². The van der Waals surface area contributed by atoms with Crippen LogP contribution < -0.4 is 10.2 Å². The van der Waals surface area contributed by atoms with E-state index < -0.39 is 36.0 Å². The van der Waals surface area contributed by atoms with Gasteiger partial charge in [0.15, 0.2) is 0 Å². The van der Waals surface area contributed by atoms with Crippen molar-refractivity contribution in [1.82, 2.24) is 10.0 Å². The van der Waals surface area contributed by atoms with E-state index in [0.717, 1.165) is 17.7 Å². The molecule has 140 valence electrons. The number of carbonyl (C=O) groups is 2. The number of rotatable bonds is 8. The molecule has 0 fully saturated rings. The van der Waals surface area contributed by atoms with Gasteiger partial charge in [-0.25, -0.2) is 4.79 Å². The van der Waals surface area contributed by atoms with Crippen LogP contribution >= 0.6 is 0 Å². The molecule has 1 amide bonds. The van der Waals surface area contributed by atoms with E-state index in [1.54, 1.807) is 19.1 Å². The summed E-state index contributed by atoms with van der Waals surface area (Å²) < 4.78 is 5.54. The van der Waals surface area contributed by atoms with Crippen molar-refractivity contribution in [2.75, 3.05) is 0 Å². The van der Waals surface area contributed by atoms with E-state index in [1.807, 2.05) is 18.2 Å². The molecule has 0 aliphatic rings.